The molecular weight excluding hydrogens is 258 g/mol. The number of fused-ring (bicyclic) bond motifs is 1. The minimum atomic E-state index is -0.677. The van der Waals surface area contributed by atoms with Gasteiger partial charge in [-0.1, -0.05) is 19.1 Å². The summed E-state index contributed by atoms with van der Waals surface area (Å²) >= 11 is 5.12. The molecule has 2 aliphatic heterocycles. The van der Waals surface area contributed by atoms with Crippen molar-refractivity contribution in [1.82, 2.24) is 9.80 Å². The molecule has 0 bridgehead atoms. The first-order chi connectivity index (χ1) is 8.99. The summed E-state index contributed by atoms with van der Waals surface area (Å²) in [5.74, 6) is 0.122. The summed E-state index contributed by atoms with van der Waals surface area (Å²) < 4.78 is 0. The summed E-state index contributed by atoms with van der Waals surface area (Å²) in [6.45, 7) is 7.85. The molecule has 2 fully saturated rings. The number of hydrogen-bond donors (Lipinski definition) is 1. The van der Waals surface area contributed by atoms with Gasteiger partial charge in [0, 0.05) is 25.7 Å². The number of thiocarbonyl (C=S) groups is 1. The van der Waals surface area contributed by atoms with Crippen LogP contribution >= 0.6 is 12.2 Å². The monoisotopic (exact) mass is 283 g/mol. The van der Waals surface area contributed by atoms with Crippen molar-refractivity contribution in [2.24, 2.45) is 11.1 Å². The minimum Gasteiger partial charge on any atom is -0.392 e. The van der Waals surface area contributed by atoms with Crippen LogP contribution in [0.1, 0.15) is 39.5 Å². The molecular formula is C14H25N3OS. The Balaban J connectivity index is 2.12. The summed E-state index contributed by atoms with van der Waals surface area (Å²) in [4.78, 5) is 17.6. The summed E-state index contributed by atoms with van der Waals surface area (Å²) in [5, 5.41) is 0. The number of carbonyl (C=O) groups excluding carboxylic acids is 1. The molecule has 1 amide bonds. The molecule has 0 aromatic heterocycles. The average Bonchev–Trinajstić information content (AvgIpc) is 2.74. The lowest BCUT2D eigenvalue weighted by Crippen LogP contribution is -2.50. The number of rotatable bonds is 3. The molecule has 5 heteroatoms. The number of amides is 1. The van der Waals surface area contributed by atoms with Crippen LogP contribution < -0.4 is 5.73 Å². The molecule has 2 N–H and O–H groups in total. The summed E-state index contributed by atoms with van der Waals surface area (Å²) in [5.41, 5.74) is 5.13. The van der Waals surface area contributed by atoms with Gasteiger partial charge in [0.25, 0.3) is 0 Å². The molecule has 0 spiro atoms. The molecule has 19 heavy (non-hydrogen) atoms. The lowest BCUT2D eigenvalue weighted by atomic mass is 9.85. The molecule has 0 radical (unpaired) electrons. The fourth-order valence-electron chi connectivity index (χ4n) is 3.17. The van der Waals surface area contributed by atoms with Gasteiger partial charge in [-0.15, -0.1) is 0 Å². The van der Waals surface area contributed by atoms with Gasteiger partial charge in [0.1, 0.15) is 0 Å². The smallest absolute Gasteiger partial charge is 0.235 e. The first-order valence-corrected chi connectivity index (χ1v) is 7.73. The third-order valence-corrected chi connectivity index (χ3v) is 5.26. The van der Waals surface area contributed by atoms with Crippen LogP contribution in [0, 0.1) is 5.41 Å². The van der Waals surface area contributed by atoms with E-state index in [-0.39, 0.29) is 5.91 Å². The molecule has 2 atom stereocenters. The maximum atomic E-state index is 12.8. The summed E-state index contributed by atoms with van der Waals surface area (Å²) in [6.07, 6.45) is 4.19. The minimum absolute atomic E-state index is 0.122. The lowest BCUT2D eigenvalue weighted by molar-refractivity contribution is -0.138. The zero-order valence-electron chi connectivity index (χ0n) is 12.0. The maximum Gasteiger partial charge on any atom is 0.235 e. The first kappa shape index (κ1) is 14.7. The van der Waals surface area contributed by atoms with Crippen LogP contribution in [0.5, 0.6) is 0 Å². The SMILES string of the molecule is CCC(C)(C(=O)N1CCCN2CCCC2C1)C(N)=S. The van der Waals surface area contributed by atoms with E-state index in [2.05, 4.69) is 4.90 Å². The van der Waals surface area contributed by atoms with E-state index in [1.54, 1.807) is 0 Å². The van der Waals surface area contributed by atoms with Gasteiger partial charge in [-0.3, -0.25) is 9.69 Å². The Labute approximate surface area is 121 Å². The van der Waals surface area contributed by atoms with E-state index in [0.717, 1.165) is 26.1 Å². The highest BCUT2D eigenvalue weighted by Gasteiger charge is 2.40. The highest BCUT2D eigenvalue weighted by atomic mass is 32.1. The van der Waals surface area contributed by atoms with Gasteiger partial charge < -0.3 is 10.6 Å². The molecule has 4 nitrogen and oxygen atoms in total. The van der Waals surface area contributed by atoms with Gasteiger partial charge in [0.05, 0.1) is 10.4 Å². The van der Waals surface area contributed by atoms with Gasteiger partial charge in [-0.25, -0.2) is 0 Å². The zero-order valence-corrected chi connectivity index (χ0v) is 12.8. The Morgan fingerprint density at radius 2 is 2.05 bits per heavy atom. The number of hydrogen-bond acceptors (Lipinski definition) is 3. The Bertz CT molecular complexity index is 374. The Hall–Kier alpha value is -0.680. The van der Waals surface area contributed by atoms with E-state index in [0.29, 0.717) is 17.5 Å². The average molecular weight is 283 g/mol. The van der Waals surface area contributed by atoms with E-state index in [9.17, 15) is 4.79 Å². The number of nitrogens with zero attached hydrogens (tertiary/aromatic N) is 2. The molecule has 0 aliphatic carbocycles. The van der Waals surface area contributed by atoms with Gasteiger partial charge >= 0.3 is 0 Å². The maximum absolute atomic E-state index is 12.8. The zero-order chi connectivity index (χ0) is 14.0. The second-order valence-electron chi connectivity index (χ2n) is 5.99. The third-order valence-electron chi connectivity index (χ3n) is 4.81. The number of carbonyl (C=O) groups is 1. The van der Waals surface area contributed by atoms with Crippen LogP contribution in [0.4, 0.5) is 0 Å². The predicted molar refractivity (Wildman–Crippen MR) is 81.0 cm³/mol. The standard InChI is InChI=1S/C14H25N3OS/c1-3-14(2,12(15)19)13(18)17-9-5-8-16-7-4-6-11(16)10-17/h11H,3-10H2,1-2H3,(H2,15,19). The number of nitrogens with two attached hydrogens (primary N) is 1. The highest BCUT2D eigenvalue weighted by molar-refractivity contribution is 7.80. The Kier molecular flexibility index (Phi) is 4.46. The van der Waals surface area contributed by atoms with Crippen LogP contribution in [0.2, 0.25) is 0 Å². The van der Waals surface area contributed by atoms with Gasteiger partial charge in [0.15, 0.2) is 0 Å². The fraction of sp³-hybridized carbons (Fsp3) is 0.857. The molecule has 0 aromatic rings. The van der Waals surface area contributed by atoms with Gasteiger partial charge in [-0.05, 0) is 39.2 Å². The van der Waals surface area contributed by atoms with Gasteiger partial charge in [0.2, 0.25) is 5.91 Å². The predicted octanol–water partition coefficient (Wildman–Crippen LogP) is 1.39. The van der Waals surface area contributed by atoms with Crippen LogP contribution in [0.15, 0.2) is 0 Å². The molecule has 0 saturated carbocycles. The van der Waals surface area contributed by atoms with Crippen molar-refractivity contribution in [3.05, 3.63) is 0 Å². The quantitative estimate of drug-likeness (QED) is 0.795. The van der Waals surface area contributed by atoms with Crippen molar-refractivity contribution in [3.8, 4) is 0 Å². The van der Waals surface area contributed by atoms with Crippen molar-refractivity contribution in [1.29, 1.82) is 0 Å². The van der Waals surface area contributed by atoms with Crippen LogP contribution in [-0.2, 0) is 4.79 Å². The molecule has 2 heterocycles. The van der Waals surface area contributed by atoms with Crippen molar-refractivity contribution >= 4 is 23.1 Å². The molecule has 2 aliphatic rings. The molecule has 0 aromatic carbocycles. The van der Waals surface area contributed by atoms with Crippen molar-refractivity contribution < 1.29 is 4.79 Å². The van der Waals surface area contributed by atoms with E-state index < -0.39 is 5.41 Å². The normalized spacial score (nSPS) is 27.5. The summed E-state index contributed by atoms with van der Waals surface area (Å²) in [6, 6.07) is 0.541. The third kappa shape index (κ3) is 2.77. The Morgan fingerprint density at radius 1 is 1.37 bits per heavy atom. The van der Waals surface area contributed by atoms with Crippen molar-refractivity contribution in [3.63, 3.8) is 0 Å². The first-order valence-electron chi connectivity index (χ1n) is 7.32. The van der Waals surface area contributed by atoms with Crippen molar-refractivity contribution in [2.75, 3.05) is 26.2 Å². The second-order valence-corrected chi connectivity index (χ2v) is 6.43. The lowest BCUT2D eigenvalue weighted by Gasteiger charge is -2.34. The molecule has 2 rings (SSSR count). The van der Waals surface area contributed by atoms with E-state index in [4.69, 9.17) is 18.0 Å². The highest BCUT2D eigenvalue weighted by Crippen LogP contribution is 2.28. The fourth-order valence-corrected chi connectivity index (χ4v) is 3.40. The Morgan fingerprint density at radius 3 is 2.68 bits per heavy atom. The molecule has 2 unspecified atom stereocenters. The van der Waals surface area contributed by atoms with E-state index in [1.165, 1.54) is 19.4 Å². The molecule has 108 valence electrons. The second kappa shape index (κ2) is 5.75. The van der Waals surface area contributed by atoms with E-state index in [1.807, 2.05) is 18.7 Å². The van der Waals surface area contributed by atoms with Crippen LogP contribution in [-0.4, -0.2) is 52.9 Å². The van der Waals surface area contributed by atoms with Crippen molar-refractivity contribution in [2.45, 2.75) is 45.6 Å². The van der Waals surface area contributed by atoms with Crippen LogP contribution in [0.3, 0.4) is 0 Å². The largest absolute Gasteiger partial charge is 0.392 e. The molecule has 2 saturated heterocycles. The van der Waals surface area contributed by atoms with Crippen LogP contribution in [0.25, 0.3) is 0 Å². The summed E-state index contributed by atoms with van der Waals surface area (Å²) in [7, 11) is 0. The topological polar surface area (TPSA) is 49.6 Å². The van der Waals surface area contributed by atoms with Gasteiger partial charge in [-0.2, -0.15) is 0 Å². The van der Waals surface area contributed by atoms with E-state index >= 15 is 0 Å².